The van der Waals surface area contributed by atoms with Crippen LogP contribution < -0.4 is 4.90 Å². The molecule has 1 amide bonds. The van der Waals surface area contributed by atoms with Gasteiger partial charge >= 0.3 is 5.97 Å². The van der Waals surface area contributed by atoms with E-state index in [4.69, 9.17) is 0 Å². The number of fused-ring (bicyclic) bond motifs is 1. The molecule has 1 atom stereocenters. The molecular weight excluding hydrogens is 302 g/mol. The highest BCUT2D eigenvalue weighted by Crippen LogP contribution is 2.45. The quantitative estimate of drug-likeness (QED) is 0.923. The smallest absolute Gasteiger partial charge is 0.335 e. The topological polar surface area (TPSA) is 57.6 Å². The number of amides is 1. The number of para-hydroxylation sites is 1. The molecule has 1 fully saturated rings. The highest BCUT2D eigenvalue weighted by Gasteiger charge is 2.48. The number of rotatable bonds is 2. The lowest BCUT2D eigenvalue weighted by Gasteiger charge is -2.39. The Morgan fingerprint density at radius 2 is 1.79 bits per heavy atom. The highest BCUT2D eigenvalue weighted by molar-refractivity contribution is 5.99. The monoisotopic (exact) mass is 321 g/mol. The van der Waals surface area contributed by atoms with E-state index in [1.54, 1.807) is 12.1 Å². The number of carbonyl (C=O) groups excluding carboxylic acids is 1. The van der Waals surface area contributed by atoms with Crippen molar-refractivity contribution in [2.24, 2.45) is 5.41 Å². The first-order valence-electron chi connectivity index (χ1n) is 8.31. The number of anilines is 1. The van der Waals surface area contributed by atoms with Crippen molar-refractivity contribution in [2.75, 3.05) is 11.4 Å². The number of hydrogen-bond donors (Lipinski definition) is 1. The zero-order chi connectivity index (χ0) is 16.7. The zero-order valence-electron chi connectivity index (χ0n) is 13.4. The summed E-state index contributed by atoms with van der Waals surface area (Å²) in [6.45, 7) is 0.751. The van der Waals surface area contributed by atoms with Gasteiger partial charge < -0.3 is 10.0 Å². The van der Waals surface area contributed by atoms with E-state index >= 15 is 0 Å². The molecule has 0 aromatic heterocycles. The van der Waals surface area contributed by atoms with Gasteiger partial charge in [-0.25, -0.2) is 4.79 Å². The molecule has 4 rings (SSSR count). The standard InChI is InChI=1S/C20H19NO3/c22-18(23)14-7-8-15-12-20(13-16(15)11-14)9-4-10-21(19(20)24)17-5-2-1-3-6-17/h1-3,5-8,11H,4,9-10,12-13H2,(H,22,23)/t20-/m1/s1. The molecule has 2 aromatic carbocycles. The van der Waals surface area contributed by atoms with Crippen LogP contribution in [0.1, 0.15) is 34.3 Å². The van der Waals surface area contributed by atoms with Gasteiger partial charge in [0.25, 0.3) is 0 Å². The second-order valence-corrected chi connectivity index (χ2v) is 6.82. The SMILES string of the molecule is O=C(O)c1ccc2c(c1)C[C@@]1(CCCN(c3ccccc3)C1=O)C2. The van der Waals surface area contributed by atoms with Crippen LogP contribution in [0.3, 0.4) is 0 Å². The van der Waals surface area contributed by atoms with Crippen LogP contribution in [0.15, 0.2) is 48.5 Å². The minimum absolute atomic E-state index is 0.174. The van der Waals surface area contributed by atoms with Crippen LogP contribution >= 0.6 is 0 Å². The molecule has 1 N–H and O–H groups in total. The van der Waals surface area contributed by atoms with Crippen molar-refractivity contribution in [3.63, 3.8) is 0 Å². The van der Waals surface area contributed by atoms with Gasteiger partial charge in [0, 0.05) is 12.2 Å². The lowest BCUT2D eigenvalue weighted by atomic mass is 9.76. The minimum Gasteiger partial charge on any atom is -0.478 e. The highest BCUT2D eigenvalue weighted by atomic mass is 16.4. The first-order chi connectivity index (χ1) is 11.6. The van der Waals surface area contributed by atoms with E-state index in [2.05, 4.69) is 0 Å². The van der Waals surface area contributed by atoms with Crippen molar-refractivity contribution in [1.82, 2.24) is 0 Å². The molecule has 1 saturated heterocycles. The number of hydrogen-bond acceptors (Lipinski definition) is 2. The molecular formula is C20H19NO3. The lowest BCUT2D eigenvalue weighted by molar-refractivity contribution is -0.129. The Hall–Kier alpha value is -2.62. The molecule has 1 heterocycles. The number of benzene rings is 2. The fourth-order valence-electron chi connectivity index (χ4n) is 4.14. The summed E-state index contributed by atoms with van der Waals surface area (Å²) in [6, 6.07) is 15.1. The molecule has 2 aromatic rings. The van der Waals surface area contributed by atoms with Gasteiger partial charge in [0.15, 0.2) is 0 Å². The van der Waals surface area contributed by atoms with Crippen LogP contribution in [-0.4, -0.2) is 23.5 Å². The maximum Gasteiger partial charge on any atom is 0.335 e. The fraction of sp³-hybridized carbons (Fsp3) is 0.300. The fourth-order valence-corrected chi connectivity index (χ4v) is 4.14. The summed E-state index contributed by atoms with van der Waals surface area (Å²) < 4.78 is 0. The lowest BCUT2D eigenvalue weighted by Crippen LogP contribution is -2.49. The minimum atomic E-state index is -0.917. The third-order valence-corrected chi connectivity index (χ3v) is 5.31. The van der Waals surface area contributed by atoms with E-state index in [1.807, 2.05) is 41.3 Å². The predicted octanol–water partition coefficient (Wildman–Crippen LogP) is 3.30. The van der Waals surface area contributed by atoms with Gasteiger partial charge in [-0.15, -0.1) is 0 Å². The van der Waals surface area contributed by atoms with Crippen LogP contribution in [0.2, 0.25) is 0 Å². The van der Waals surface area contributed by atoms with Gasteiger partial charge in [-0.1, -0.05) is 24.3 Å². The van der Waals surface area contributed by atoms with E-state index in [0.29, 0.717) is 18.4 Å². The third kappa shape index (κ3) is 2.30. The Morgan fingerprint density at radius 1 is 1.04 bits per heavy atom. The molecule has 4 nitrogen and oxygen atoms in total. The van der Waals surface area contributed by atoms with Crippen molar-refractivity contribution < 1.29 is 14.7 Å². The Labute approximate surface area is 140 Å². The molecule has 0 radical (unpaired) electrons. The van der Waals surface area contributed by atoms with Crippen molar-refractivity contribution in [3.05, 3.63) is 65.2 Å². The van der Waals surface area contributed by atoms with Gasteiger partial charge in [-0.2, -0.15) is 0 Å². The van der Waals surface area contributed by atoms with E-state index in [-0.39, 0.29) is 5.91 Å². The Kier molecular flexibility index (Phi) is 3.41. The molecule has 24 heavy (non-hydrogen) atoms. The molecule has 4 heteroatoms. The van der Waals surface area contributed by atoms with Gasteiger partial charge in [-0.05, 0) is 61.1 Å². The molecule has 0 saturated carbocycles. The van der Waals surface area contributed by atoms with Crippen LogP contribution in [0.25, 0.3) is 0 Å². The summed E-state index contributed by atoms with van der Waals surface area (Å²) in [5.41, 5.74) is 2.97. The predicted molar refractivity (Wildman–Crippen MR) is 91.3 cm³/mol. The van der Waals surface area contributed by atoms with E-state index in [0.717, 1.165) is 36.2 Å². The van der Waals surface area contributed by atoms with Crippen molar-refractivity contribution in [1.29, 1.82) is 0 Å². The second kappa shape index (κ2) is 5.48. The van der Waals surface area contributed by atoms with Crippen molar-refractivity contribution in [2.45, 2.75) is 25.7 Å². The maximum absolute atomic E-state index is 13.2. The number of nitrogens with zero attached hydrogens (tertiary/aromatic N) is 1. The van der Waals surface area contributed by atoms with Crippen molar-refractivity contribution in [3.8, 4) is 0 Å². The van der Waals surface area contributed by atoms with Crippen LogP contribution in [0.5, 0.6) is 0 Å². The van der Waals surface area contributed by atoms with Gasteiger partial charge in [0.1, 0.15) is 0 Å². The van der Waals surface area contributed by atoms with E-state index in [1.165, 1.54) is 0 Å². The van der Waals surface area contributed by atoms with Gasteiger partial charge in [0.2, 0.25) is 5.91 Å². The molecule has 122 valence electrons. The molecule has 1 aliphatic heterocycles. The van der Waals surface area contributed by atoms with Crippen LogP contribution in [0, 0.1) is 5.41 Å². The summed E-state index contributed by atoms with van der Waals surface area (Å²) in [7, 11) is 0. The zero-order valence-corrected chi connectivity index (χ0v) is 13.4. The number of aromatic carboxylic acids is 1. The summed E-state index contributed by atoms with van der Waals surface area (Å²) >= 11 is 0. The van der Waals surface area contributed by atoms with Gasteiger partial charge in [-0.3, -0.25) is 4.79 Å². The van der Waals surface area contributed by atoms with Crippen LogP contribution in [-0.2, 0) is 17.6 Å². The van der Waals surface area contributed by atoms with Crippen molar-refractivity contribution >= 4 is 17.6 Å². The number of piperidine rings is 1. The van der Waals surface area contributed by atoms with E-state index < -0.39 is 11.4 Å². The molecule has 0 bridgehead atoms. The number of carbonyl (C=O) groups is 2. The normalized spacial score (nSPS) is 22.7. The molecule has 0 unspecified atom stereocenters. The average Bonchev–Trinajstić information content (AvgIpc) is 2.96. The summed E-state index contributed by atoms with van der Waals surface area (Å²) in [5, 5.41) is 9.19. The Balaban J connectivity index is 1.66. The Morgan fingerprint density at radius 3 is 2.54 bits per heavy atom. The Bertz CT molecular complexity index is 815. The number of carboxylic acids is 1. The van der Waals surface area contributed by atoms with Crippen LogP contribution in [0.4, 0.5) is 5.69 Å². The molecule has 1 spiro atoms. The van der Waals surface area contributed by atoms with Gasteiger partial charge in [0.05, 0.1) is 11.0 Å². The molecule has 1 aliphatic carbocycles. The third-order valence-electron chi connectivity index (χ3n) is 5.31. The largest absolute Gasteiger partial charge is 0.478 e. The first kappa shape index (κ1) is 14.9. The molecule has 2 aliphatic rings. The summed E-state index contributed by atoms with van der Waals surface area (Å²) in [4.78, 5) is 26.3. The first-order valence-corrected chi connectivity index (χ1v) is 8.31. The summed E-state index contributed by atoms with van der Waals surface area (Å²) in [5.74, 6) is -0.743. The average molecular weight is 321 g/mol. The second-order valence-electron chi connectivity index (χ2n) is 6.82. The number of carboxylic acid groups (broad SMARTS) is 1. The summed E-state index contributed by atoms with van der Waals surface area (Å²) in [6.07, 6.45) is 3.20. The maximum atomic E-state index is 13.2. The van der Waals surface area contributed by atoms with E-state index in [9.17, 15) is 14.7 Å².